The van der Waals surface area contributed by atoms with E-state index in [0.717, 1.165) is 4.31 Å². The van der Waals surface area contributed by atoms with E-state index >= 15 is 0 Å². The Morgan fingerprint density at radius 1 is 1.03 bits per heavy atom. The summed E-state index contributed by atoms with van der Waals surface area (Å²) in [6.07, 6.45) is 4.38. The van der Waals surface area contributed by atoms with Gasteiger partial charge in [0.25, 0.3) is 21.8 Å². The Kier molecular flexibility index (Phi) is 4.28. The molecule has 1 aromatic carbocycles. The van der Waals surface area contributed by atoms with Gasteiger partial charge in [-0.1, -0.05) is 0 Å². The van der Waals surface area contributed by atoms with Gasteiger partial charge in [-0.2, -0.15) is 0 Å². The number of nitrogens with zero attached hydrogens (tertiary/aromatic N) is 2. The largest absolute Gasteiger partial charge is 0.467 e. The average molecular weight is 426 g/mol. The number of hydrogen-bond donors (Lipinski definition) is 0. The number of amides is 2. The second-order valence-electron chi connectivity index (χ2n) is 7.37. The molecule has 2 aliphatic rings. The first-order valence-electron chi connectivity index (χ1n) is 9.52. The molecule has 154 valence electrons. The van der Waals surface area contributed by atoms with Crippen molar-refractivity contribution < 1.29 is 26.8 Å². The van der Waals surface area contributed by atoms with Gasteiger partial charge >= 0.3 is 0 Å². The fourth-order valence-electron chi connectivity index (χ4n) is 3.61. The summed E-state index contributed by atoms with van der Waals surface area (Å²) >= 11 is 0. The van der Waals surface area contributed by atoms with Crippen molar-refractivity contribution in [3.63, 3.8) is 0 Å². The summed E-state index contributed by atoms with van der Waals surface area (Å²) in [5.74, 6) is 0.255. The zero-order chi connectivity index (χ0) is 20.9. The Bertz CT molecular complexity index is 1170. The topological polar surface area (TPSA) is 101 Å². The van der Waals surface area contributed by atoms with Crippen LogP contribution < -0.4 is 0 Å². The number of benzene rings is 1. The minimum atomic E-state index is -3.94. The molecule has 9 heteroatoms. The van der Waals surface area contributed by atoms with Crippen LogP contribution in [0.1, 0.15) is 45.1 Å². The number of fused-ring (bicyclic) bond motifs is 1. The van der Waals surface area contributed by atoms with Crippen molar-refractivity contribution in [2.75, 3.05) is 0 Å². The number of furan rings is 2. The highest BCUT2D eigenvalue weighted by Crippen LogP contribution is 2.39. The lowest BCUT2D eigenvalue weighted by Crippen LogP contribution is -2.32. The van der Waals surface area contributed by atoms with Gasteiger partial charge in [0.1, 0.15) is 16.4 Å². The fourth-order valence-corrected chi connectivity index (χ4v) is 5.45. The zero-order valence-corrected chi connectivity index (χ0v) is 16.7. The Balaban J connectivity index is 1.49. The smallest absolute Gasteiger partial charge is 0.269 e. The summed E-state index contributed by atoms with van der Waals surface area (Å²) in [6, 6.07) is 10.9. The van der Waals surface area contributed by atoms with Gasteiger partial charge in [0.05, 0.1) is 31.2 Å². The van der Waals surface area contributed by atoms with Crippen molar-refractivity contribution in [1.82, 2.24) is 9.21 Å². The van der Waals surface area contributed by atoms with Crippen molar-refractivity contribution in [1.29, 1.82) is 0 Å². The van der Waals surface area contributed by atoms with Gasteiger partial charge in [-0.3, -0.25) is 9.59 Å². The van der Waals surface area contributed by atoms with Gasteiger partial charge in [0.2, 0.25) is 0 Å². The molecular formula is C21H18N2O6S. The molecule has 2 amide bonds. The Morgan fingerprint density at radius 2 is 1.67 bits per heavy atom. The molecule has 3 heterocycles. The number of carbonyl (C=O) groups excluding carboxylic acids is 2. The highest BCUT2D eigenvalue weighted by Gasteiger charge is 2.48. The van der Waals surface area contributed by atoms with E-state index in [4.69, 9.17) is 8.83 Å². The first-order chi connectivity index (χ1) is 14.4. The molecular weight excluding hydrogens is 408 g/mol. The van der Waals surface area contributed by atoms with E-state index in [1.54, 1.807) is 24.3 Å². The quantitative estimate of drug-likeness (QED) is 0.601. The average Bonchev–Trinajstić information content (AvgIpc) is 3.13. The zero-order valence-electron chi connectivity index (χ0n) is 15.9. The minimum Gasteiger partial charge on any atom is -0.467 e. The highest BCUT2D eigenvalue weighted by molar-refractivity contribution is 7.90. The normalized spacial score (nSPS) is 17.2. The summed E-state index contributed by atoms with van der Waals surface area (Å²) in [5, 5.41) is 0. The van der Waals surface area contributed by atoms with Crippen molar-refractivity contribution in [2.24, 2.45) is 0 Å². The lowest BCUT2D eigenvalue weighted by Gasteiger charge is -2.21. The van der Waals surface area contributed by atoms with Crippen molar-refractivity contribution >= 4 is 21.8 Å². The van der Waals surface area contributed by atoms with Crippen LogP contribution >= 0.6 is 0 Å². The summed E-state index contributed by atoms with van der Waals surface area (Å²) < 4.78 is 37.5. The molecule has 5 rings (SSSR count). The predicted octanol–water partition coefficient (Wildman–Crippen LogP) is 3.02. The summed E-state index contributed by atoms with van der Waals surface area (Å²) in [4.78, 5) is 27.2. The monoisotopic (exact) mass is 426 g/mol. The first kappa shape index (κ1) is 18.7. The molecule has 0 spiro atoms. The Hall–Kier alpha value is -3.33. The van der Waals surface area contributed by atoms with Gasteiger partial charge in [0.15, 0.2) is 0 Å². The van der Waals surface area contributed by atoms with E-state index in [0.29, 0.717) is 24.4 Å². The molecule has 1 aliphatic carbocycles. The van der Waals surface area contributed by atoms with Crippen LogP contribution in [0, 0.1) is 0 Å². The number of rotatable bonds is 6. The number of hydrogen-bond acceptors (Lipinski definition) is 6. The van der Waals surface area contributed by atoms with E-state index in [1.165, 1.54) is 35.6 Å². The van der Waals surface area contributed by atoms with E-state index in [2.05, 4.69) is 0 Å². The van der Waals surface area contributed by atoms with Crippen molar-refractivity contribution in [3.8, 4) is 0 Å². The molecule has 1 saturated carbocycles. The van der Waals surface area contributed by atoms with E-state index < -0.39 is 21.8 Å². The van der Waals surface area contributed by atoms with Crippen LogP contribution in [0.3, 0.4) is 0 Å². The maximum atomic E-state index is 13.3. The third-order valence-electron chi connectivity index (χ3n) is 5.22. The van der Waals surface area contributed by atoms with Crippen LogP contribution in [0.15, 0.2) is 68.7 Å². The van der Waals surface area contributed by atoms with Gasteiger partial charge in [-0.15, -0.1) is 0 Å². The number of carbonyl (C=O) groups is 2. The van der Waals surface area contributed by atoms with Crippen LogP contribution in [0.2, 0.25) is 0 Å². The van der Waals surface area contributed by atoms with Gasteiger partial charge < -0.3 is 13.7 Å². The third-order valence-corrected chi connectivity index (χ3v) is 7.09. The third kappa shape index (κ3) is 3.11. The molecule has 0 bridgehead atoms. The fraction of sp³-hybridized carbons (Fsp3) is 0.238. The molecule has 2 aromatic heterocycles. The molecule has 30 heavy (non-hydrogen) atoms. The van der Waals surface area contributed by atoms with Crippen LogP contribution in [0.5, 0.6) is 0 Å². The Labute approximate surface area is 172 Å². The van der Waals surface area contributed by atoms with Crippen LogP contribution in [-0.2, 0) is 23.1 Å². The molecule has 0 saturated heterocycles. The number of sulfonamides is 1. The van der Waals surface area contributed by atoms with Gasteiger partial charge in [0, 0.05) is 11.6 Å². The minimum absolute atomic E-state index is 0.110. The van der Waals surface area contributed by atoms with E-state index in [1.807, 2.05) is 0 Å². The van der Waals surface area contributed by atoms with Crippen molar-refractivity contribution in [2.45, 2.75) is 36.9 Å². The molecule has 1 aliphatic heterocycles. The van der Waals surface area contributed by atoms with Crippen molar-refractivity contribution in [3.05, 3.63) is 77.6 Å². The molecule has 3 aromatic rings. The maximum absolute atomic E-state index is 13.3. The van der Waals surface area contributed by atoms with Crippen LogP contribution in [-0.4, -0.2) is 35.5 Å². The Morgan fingerprint density at radius 3 is 2.20 bits per heavy atom. The molecule has 0 unspecified atom stereocenters. The van der Waals surface area contributed by atoms with E-state index in [-0.39, 0.29) is 35.2 Å². The van der Waals surface area contributed by atoms with E-state index in [9.17, 15) is 18.0 Å². The molecule has 0 radical (unpaired) electrons. The first-order valence-corrected chi connectivity index (χ1v) is 11.0. The molecule has 1 fully saturated rings. The second-order valence-corrected chi connectivity index (χ2v) is 9.15. The van der Waals surface area contributed by atoms with Crippen LogP contribution in [0.4, 0.5) is 0 Å². The second kappa shape index (κ2) is 6.88. The predicted molar refractivity (Wildman–Crippen MR) is 104 cm³/mol. The van der Waals surface area contributed by atoms with Crippen LogP contribution in [0.25, 0.3) is 0 Å². The lowest BCUT2D eigenvalue weighted by atomic mass is 10.1. The molecule has 0 N–H and O–H groups in total. The van der Waals surface area contributed by atoms with Gasteiger partial charge in [-0.25, -0.2) is 12.7 Å². The standard InChI is InChI=1S/C21H18N2O6S/c24-20(22(12-16-3-1-9-28-16)13-17-4-2-10-29-17)14-5-8-18-19(11-14)30(26,27)23(21(18)25)15-6-7-15/h1-5,8-11,15H,6-7,12-13H2. The lowest BCUT2D eigenvalue weighted by molar-refractivity contribution is 0.0704. The summed E-state index contributed by atoms with van der Waals surface area (Å²) in [7, 11) is -3.94. The maximum Gasteiger partial charge on any atom is 0.269 e. The summed E-state index contributed by atoms with van der Waals surface area (Å²) in [5.41, 5.74) is 0.294. The van der Waals surface area contributed by atoms with Gasteiger partial charge in [-0.05, 0) is 55.3 Å². The molecule has 0 atom stereocenters. The summed E-state index contributed by atoms with van der Waals surface area (Å²) in [6.45, 7) is 0.368. The molecule has 8 nitrogen and oxygen atoms in total. The highest BCUT2D eigenvalue weighted by atomic mass is 32.2. The SMILES string of the molecule is O=C(c1ccc2c(c1)S(=O)(=O)N(C1CC1)C2=O)N(Cc1ccco1)Cc1ccco1.